The lowest BCUT2D eigenvalue weighted by molar-refractivity contribution is -0.120. The number of piperidine rings is 1. The zero-order valence-corrected chi connectivity index (χ0v) is 18.1. The summed E-state index contributed by atoms with van der Waals surface area (Å²) >= 11 is 0. The summed E-state index contributed by atoms with van der Waals surface area (Å²) in [6, 6.07) is 19.8. The summed E-state index contributed by atoms with van der Waals surface area (Å²) in [5.74, 6) is 0.889. The molecule has 2 fully saturated rings. The van der Waals surface area contributed by atoms with Crippen LogP contribution in [0, 0.1) is 5.92 Å². The molecule has 2 aliphatic rings. The molecule has 4 rings (SSSR count). The summed E-state index contributed by atoms with van der Waals surface area (Å²) in [7, 11) is -3.06. The number of benzene rings is 2. The maximum Gasteiger partial charge on any atom is 0.241 e. The fourth-order valence-corrected chi connectivity index (χ4v) is 6.39. The van der Waals surface area contributed by atoms with Gasteiger partial charge in [0.1, 0.15) is 0 Å². The van der Waals surface area contributed by atoms with Crippen LogP contribution in [0.3, 0.4) is 0 Å². The van der Waals surface area contributed by atoms with Gasteiger partial charge in [0.05, 0.1) is 24.1 Å². The van der Waals surface area contributed by atoms with Crippen LogP contribution in [0.5, 0.6) is 0 Å². The summed E-state index contributed by atoms with van der Waals surface area (Å²) in [6.45, 7) is 2.17. The van der Waals surface area contributed by atoms with Crippen LogP contribution in [0.4, 0.5) is 5.69 Å². The predicted octanol–water partition coefficient (Wildman–Crippen LogP) is 3.16. The molecule has 1 atom stereocenters. The van der Waals surface area contributed by atoms with Crippen LogP contribution in [0.2, 0.25) is 0 Å². The first-order valence-electron chi connectivity index (χ1n) is 10.8. The third kappa shape index (κ3) is 5.29. The minimum atomic E-state index is -3.06. The first-order valence-corrected chi connectivity index (χ1v) is 12.7. The number of likely N-dealkylation sites (tertiary alicyclic amines) is 1. The molecule has 0 aliphatic carbocycles. The highest BCUT2D eigenvalue weighted by Gasteiger charge is 2.36. The molecule has 30 heavy (non-hydrogen) atoms. The predicted molar refractivity (Wildman–Crippen MR) is 120 cm³/mol. The number of nitrogens with zero attached hydrogens (tertiary/aromatic N) is 2. The molecule has 0 bridgehead atoms. The van der Waals surface area contributed by atoms with Crippen molar-refractivity contribution in [1.82, 2.24) is 4.90 Å². The molecule has 0 aromatic heterocycles. The van der Waals surface area contributed by atoms with Crippen molar-refractivity contribution in [3.05, 3.63) is 66.2 Å². The highest BCUT2D eigenvalue weighted by molar-refractivity contribution is 7.91. The number of carbonyl (C=O) groups excluding carboxylic acids is 1. The Morgan fingerprint density at radius 2 is 1.57 bits per heavy atom. The third-order valence-electron chi connectivity index (χ3n) is 6.31. The van der Waals surface area contributed by atoms with E-state index in [4.69, 9.17) is 0 Å². The largest absolute Gasteiger partial charge is 0.307 e. The summed E-state index contributed by atoms with van der Waals surface area (Å²) in [4.78, 5) is 17.2. The number of para-hydroxylation sites is 1. The van der Waals surface area contributed by atoms with Gasteiger partial charge in [0.25, 0.3) is 0 Å². The fourth-order valence-electron chi connectivity index (χ4n) is 4.69. The van der Waals surface area contributed by atoms with Crippen molar-refractivity contribution in [1.29, 1.82) is 0 Å². The molecule has 2 saturated heterocycles. The molecule has 2 aliphatic heterocycles. The maximum atomic E-state index is 13.3. The summed E-state index contributed by atoms with van der Waals surface area (Å²) in [5.41, 5.74) is 2.17. The third-order valence-corrected chi connectivity index (χ3v) is 8.06. The number of hydrogen-bond donors (Lipinski definition) is 0. The van der Waals surface area contributed by atoms with Gasteiger partial charge in [-0.3, -0.25) is 9.69 Å². The molecular formula is C24H30N2O3S. The van der Waals surface area contributed by atoms with Gasteiger partial charge in [-0.05, 0) is 62.4 Å². The standard InChI is InChI=1S/C24H30N2O3S/c27-24(18-25-14-11-21(12-15-25)17-20-7-3-1-4-8-20)26(22-9-5-2-6-10-22)23-13-16-30(28,29)19-23/h1-10,21,23H,11-19H2/t23-/m0/s1. The second kappa shape index (κ2) is 9.31. The molecular weight excluding hydrogens is 396 g/mol. The fraction of sp³-hybridized carbons (Fsp3) is 0.458. The zero-order chi connectivity index (χ0) is 21.0. The van der Waals surface area contributed by atoms with Crippen LogP contribution in [-0.2, 0) is 21.1 Å². The highest BCUT2D eigenvalue weighted by atomic mass is 32.2. The van der Waals surface area contributed by atoms with E-state index in [0.717, 1.165) is 38.0 Å². The minimum Gasteiger partial charge on any atom is -0.307 e. The van der Waals surface area contributed by atoms with Gasteiger partial charge in [-0.1, -0.05) is 48.5 Å². The van der Waals surface area contributed by atoms with Gasteiger partial charge in [-0.15, -0.1) is 0 Å². The first-order chi connectivity index (χ1) is 14.5. The van der Waals surface area contributed by atoms with Crippen LogP contribution in [0.15, 0.2) is 60.7 Å². The average molecular weight is 427 g/mol. The van der Waals surface area contributed by atoms with E-state index < -0.39 is 9.84 Å². The molecule has 6 heteroatoms. The van der Waals surface area contributed by atoms with Crippen LogP contribution in [0.25, 0.3) is 0 Å². The molecule has 2 aromatic carbocycles. The van der Waals surface area contributed by atoms with Crippen LogP contribution in [0.1, 0.15) is 24.8 Å². The Morgan fingerprint density at radius 3 is 2.17 bits per heavy atom. The molecule has 1 amide bonds. The smallest absolute Gasteiger partial charge is 0.241 e. The maximum absolute atomic E-state index is 13.3. The number of anilines is 1. The first kappa shape index (κ1) is 21.1. The number of sulfone groups is 1. The van der Waals surface area contributed by atoms with Gasteiger partial charge in [-0.25, -0.2) is 8.42 Å². The highest BCUT2D eigenvalue weighted by Crippen LogP contribution is 2.26. The van der Waals surface area contributed by atoms with Crippen LogP contribution < -0.4 is 4.90 Å². The Labute approximate surface area is 179 Å². The Balaban J connectivity index is 1.37. The van der Waals surface area contributed by atoms with Crippen molar-refractivity contribution in [2.45, 2.75) is 31.7 Å². The van der Waals surface area contributed by atoms with Crippen molar-refractivity contribution < 1.29 is 13.2 Å². The van der Waals surface area contributed by atoms with Gasteiger partial charge in [-0.2, -0.15) is 0 Å². The average Bonchev–Trinajstić information content (AvgIpc) is 3.10. The van der Waals surface area contributed by atoms with Crippen LogP contribution >= 0.6 is 0 Å². The van der Waals surface area contributed by atoms with E-state index in [1.807, 2.05) is 36.4 Å². The minimum absolute atomic E-state index is 0.00445. The Morgan fingerprint density at radius 1 is 0.933 bits per heavy atom. The van der Waals surface area contributed by atoms with Crippen molar-refractivity contribution in [2.75, 3.05) is 36.0 Å². The molecule has 0 N–H and O–H groups in total. The van der Waals surface area contributed by atoms with Crippen molar-refractivity contribution >= 4 is 21.4 Å². The molecule has 0 radical (unpaired) electrons. The zero-order valence-electron chi connectivity index (χ0n) is 17.3. The molecule has 160 valence electrons. The SMILES string of the molecule is O=C(CN1CCC(Cc2ccccc2)CC1)N(c1ccccc1)[C@H]1CCS(=O)(=O)C1. The summed E-state index contributed by atoms with van der Waals surface area (Å²) < 4.78 is 24.1. The number of rotatable bonds is 6. The van der Waals surface area contributed by atoms with Gasteiger partial charge >= 0.3 is 0 Å². The summed E-state index contributed by atoms with van der Waals surface area (Å²) in [5, 5.41) is 0. The van der Waals surface area contributed by atoms with Gasteiger partial charge in [0.15, 0.2) is 9.84 Å². The molecule has 0 unspecified atom stereocenters. The second-order valence-electron chi connectivity index (χ2n) is 8.57. The normalized spacial score (nSPS) is 22.1. The second-order valence-corrected chi connectivity index (χ2v) is 10.8. The van der Waals surface area contributed by atoms with Crippen molar-refractivity contribution in [3.8, 4) is 0 Å². The Kier molecular flexibility index (Phi) is 6.54. The monoisotopic (exact) mass is 426 g/mol. The number of hydrogen-bond acceptors (Lipinski definition) is 4. The van der Waals surface area contributed by atoms with E-state index in [-0.39, 0.29) is 23.5 Å². The lowest BCUT2D eigenvalue weighted by Gasteiger charge is -2.35. The lowest BCUT2D eigenvalue weighted by Crippen LogP contribution is -2.48. The topological polar surface area (TPSA) is 57.7 Å². The quantitative estimate of drug-likeness (QED) is 0.712. The molecule has 0 saturated carbocycles. The van der Waals surface area contributed by atoms with Crippen LogP contribution in [-0.4, -0.2) is 56.4 Å². The van der Waals surface area contributed by atoms with E-state index in [2.05, 4.69) is 29.2 Å². The number of carbonyl (C=O) groups is 1. The molecule has 2 heterocycles. The Bertz CT molecular complexity index is 939. The van der Waals surface area contributed by atoms with E-state index in [1.165, 1.54) is 5.56 Å². The van der Waals surface area contributed by atoms with E-state index >= 15 is 0 Å². The molecule has 5 nitrogen and oxygen atoms in total. The van der Waals surface area contributed by atoms with Crippen molar-refractivity contribution in [3.63, 3.8) is 0 Å². The summed E-state index contributed by atoms with van der Waals surface area (Å²) in [6.07, 6.45) is 3.79. The molecule has 0 spiro atoms. The van der Waals surface area contributed by atoms with E-state index in [1.54, 1.807) is 4.90 Å². The van der Waals surface area contributed by atoms with Gasteiger partial charge in [0.2, 0.25) is 5.91 Å². The lowest BCUT2D eigenvalue weighted by atomic mass is 9.90. The number of amides is 1. The van der Waals surface area contributed by atoms with E-state index in [0.29, 0.717) is 18.9 Å². The van der Waals surface area contributed by atoms with E-state index in [9.17, 15) is 13.2 Å². The Hall–Kier alpha value is -2.18. The molecule has 2 aromatic rings. The van der Waals surface area contributed by atoms with Gasteiger partial charge < -0.3 is 4.90 Å². The van der Waals surface area contributed by atoms with Gasteiger partial charge in [0, 0.05) is 5.69 Å². The van der Waals surface area contributed by atoms with Crippen molar-refractivity contribution in [2.24, 2.45) is 5.92 Å².